The van der Waals surface area contributed by atoms with Crippen LogP contribution in [-0.4, -0.2) is 51.3 Å². The van der Waals surface area contributed by atoms with Gasteiger partial charge in [-0.3, -0.25) is 9.69 Å². The lowest BCUT2D eigenvalue weighted by atomic mass is 10.1. The van der Waals surface area contributed by atoms with Crippen molar-refractivity contribution in [3.8, 4) is 5.75 Å². The topological polar surface area (TPSA) is 50.6 Å². The number of rotatable bonds is 8. The Morgan fingerprint density at radius 1 is 1.11 bits per heavy atom. The van der Waals surface area contributed by atoms with Crippen molar-refractivity contribution < 1.29 is 27.1 Å². The molecule has 0 bridgehead atoms. The summed E-state index contributed by atoms with van der Waals surface area (Å²) in [6.07, 6.45) is -1.60. The molecule has 2 aromatic carbocycles. The van der Waals surface area contributed by atoms with Crippen LogP contribution in [0.5, 0.6) is 5.75 Å². The van der Waals surface area contributed by atoms with E-state index in [1.807, 2.05) is 0 Å². The highest BCUT2D eigenvalue weighted by Crippen LogP contribution is 2.52. The van der Waals surface area contributed by atoms with Gasteiger partial charge in [0.2, 0.25) is 0 Å². The number of hydrogen-bond donors (Lipinski definition) is 0. The molecule has 3 aromatic rings. The molecule has 2 atom stereocenters. The second kappa shape index (κ2) is 9.57. The van der Waals surface area contributed by atoms with Crippen LogP contribution in [0, 0.1) is 23.6 Å². The Kier molecular flexibility index (Phi) is 6.46. The summed E-state index contributed by atoms with van der Waals surface area (Å²) >= 11 is 0. The van der Waals surface area contributed by atoms with E-state index in [9.17, 15) is 22.4 Å². The predicted octanol–water partition coefficient (Wildman–Crippen LogP) is 4.48. The fraction of sp³-hybridized carbons (Fsp3) is 0.385. The van der Waals surface area contributed by atoms with Crippen LogP contribution < -0.4 is 4.74 Å². The number of likely N-dealkylation sites (tertiary alicyclic amines) is 1. The summed E-state index contributed by atoms with van der Waals surface area (Å²) in [6.45, 7) is 3.20. The van der Waals surface area contributed by atoms with Crippen molar-refractivity contribution in [2.75, 3.05) is 19.6 Å². The molecule has 190 valence electrons. The van der Waals surface area contributed by atoms with Crippen LogP contribution in [-0.2, 0) is 20.1 Å². The molecule has 1 aliphatic heterocycles. The molecule has 1 amide bonds. The molecule has 0 spiro atoms. The Balaban J connectivity index is 1.25. The first-order chi connectivity index (χ1) is 17.1. The van der Waals surface area contributed by atoms with Gasteiger partial charge < -0.3 is 14.2 Å². The monoisotopic (exact) mass is 502 g/mol. The molecule has 6 nitrogen and oxygen atoms in total. The van der Waals surface area contributed by atoms with Crippen molar-refractivity contribution in [2.24, 2.45) is 24.8 Å². The van der Waals surface area contributed by atoms with Gasteiger partial charge >= 0.3 is 6.36 Å². The molecule has 2 aliphatic rings. The number of carbonyl (C=O) groups excluding carboxylic acids is 1. The number of hydrogen-bond acceptors (Lipinski definition) is 4. The standard InChI is InChI=1S/C26H26F4N4O2/c1-32-15-24(31-16-32)25(35)34(11-18-3-2-4-20(9-18)36-26(28,29)30)14-23-21-12-33(13-22(21)23)10-17-5-7-19(27)8-6-17/h2-9,15-16,21-23H,10-14H2,1H3. The van der Waals surface area contributed by atoms with E-state index in [4.69, 9.17) is 0 Å². The van der Waals surface area contributed by atoms with E-state index in [1.165, 1.54) is 30.3 Å². The number of carbonyl (C=O) groups is 1. The summed E-state index contributed by atoms with van der Waals surface area (Å²) in [7, 11) is 1.77. The zero-order valence-electron chi connectivity index (χ0n) is 19.7. The highest BCUT2D eigenvalue weighted by molar-refractivity contribution is 5.92. The second-order valence-electron chi connectivity index (χ2n) is 9.62. The van der Waals surface area contributed by atoms with Crippen LogP contribution >= 0.6 is 0 Å². The van der Waals surface area contributed by atoms with Crippen molar-refractivity contribution in [3.05, 3.63) is 83.7 Å². The summed E-state index contributed by atoms with van der Waals surface area (Å²) in [5.41, 5.74) is 1.90. The molecule has 36 heavy (non-hydrogen) atoms. The Hall–Kier alpha value is -3.40. The Morgan fingerprint density at radius 2 is 1.83 bits per heavy atom. The van der Waals surface area contributed by atoms with E-state index in [1.54, 1.807) is 47.2 Å². The lowest BCUT2D eigenvalue weighted by molar-refractivity contribution is -0.274. The third-order valence-corrected chi connectivity index (χ3v) is 6.91. The van der Waals surface area contributed by atoms with Crippen LogP contribution in [0.3, 0.4) is 0 Å². The van der Waals surface area contributed by atoms with Crippen molar-refractivity contribution >= 4 is 5.91 Å². The summed E-state index contributed by atoms with van der Waals surface area (Å²) in [4.78, 5) is 21.5. The third-order valence-electron chi connectivity index (χ3n) is 6.91. The maximum Gasteiger partial charge on any atom is 0.573 e. The number of ether oxygens (including phenoxy) is 1. The summed E-state index contributed by atoms with van der Waals surface area (Å²) in [5.74, 6) is 0.387. The first-order valence-corrected chi connectivity index (χ1v) is 11.7. The maximum absolute atomic E-state index is 13.3. The van der Waals surface area contributed by atoms with Crippen molar-refractivity contribution in [3.63, 3.8) is 0 Å². The molecule has 1 saturated carbocycles. The molecule has 1 aliphatic carbocycles. The number of imidazole rings is 1. The molecule has 10 heteroatoms. The van der Waals surface area contributed by atoms with Gasteiger partial charge in [-0.1, -0.05) is 24.3 Å². The van der Waals surface area contributed by atoms with Crippen molar-refractivity contribution in [1.82, 2.24) is 19.4 Å². The van der Waals surface area contributed by atoms with Crippen LogP contribution in [0.1, 0.15) is 21.6 Å². The van der Waals surface area contributed by atoms with Gasteiger partial charge in [0.1, 0.15) is 17.3 Å². The smallest absolute Gasteiger partial charge is 0.406 e. The minimum atomic E-state index is -4.78. The number of piperidine rings is 1. The Bertz CT molecular complexity index is 1220. The normalized spacial score (nSPS) is 21.3. The Labute approximate surface area is 206 Å². The molecule has 0 N–H and O–H groups in total. The fourth-order valence-corrected chi connectivity index (χ4v) is 5.21. The zero-order chi connectivity index (χ0) is 25.4. The highest BCUT2D eigenvalue weighted by atomic mass is 19.4. The first kappa shape index (κ1) is 24.3. The summed E-state index contributed by atoms with van der Waals surface area (Å²) in [6, 6.07) is 12.2. The Morgan fingerprint density at radius 3 is 2.47 bits per heavy atom. The van der Waals surface area contributed by atoms with Gasteiger partial charge in [-0.25, -0.2) is 9.37 Å². The van der Waals surface area contributed by atoms with Crippen LogP contribution in [0.15, 0.2) is 61.1 Å². The average Bonchev–Trinajstić information content (AvgIpc) is 3.14. The van der Waals surface area contributed by atoms with Gasteiger partial charge in [0.25, 0.3) is 5.91 Å². The van der Waals surface area contributed by atoms with E-state index in [0.717, 1.165) is 25.2 Å². The van der Waals surface area contributed by atoms with E-state index < -0.39 is 6.36 Å². The number of nitrogens with zero attached hydrogens (tertiary/aromatic N) is 4. The quantitative estimate of drug-likeness (QED) is 0.427. The average molecular weight is 503 g/mol. The first-order valence-electron chi connectivity index (χ1n) is 11.7. The van der Waals surface area contributed by atoms with Gasteiger partial charge in [0.15, 0.2) is 0 Å². The summed E-state index contributed by atoms with van der Waals surface area (Å²) in [5, 5.41) is 0. The minimum Gasteiger partial charge on any atom is -0.406 e. The zero-order valence-corrected chi connectivity index (χ0v) is 19.7. The van der Waals surface area contributed by atoms with Gasteiger partial charge in [0, 0.05) is 46.0 Å². The number of fused-ring (bicyclic) bond motifs is 1. The largest absolute Gasteiger partial charge is 0.573 e. The fourth-order valence-electron chi connectivity index (χ4n) is 5.21. The SMILES string of the molecule is Cn1cnc(C(=O)N(Cc2cccc(OC(F)(F)F)c2)CC2C3CN(Cc4ccc(F)cc4)CC32)c1. The number of amides is 1. The summed E-state index contributed by atoms with van der Waals surface area (Å²) < 4.78 is 56.9. The number of benzene rings is 2. The van der Waals surface area contributed by atoms with E-state index in [-0.39, 0.29) is 24.0 Å². The van der Waals surface area contributed by atoms with Gasteiger partial charge in [0.05, 0.1) is 6.33 Å². The van der Waals surface area contributed by atoms with Gasteiger partial charge in [-0.2, -0.15) is 0 Å². The lowest BCUT2D eigenvalue weighted by Crippen LogP contribution is -2.35. The van der Waals surface area contributed by atoms with Crippen molar-refractivity contribution in [2.45, 2.75) is 19.5 Å². The second-order valence-corrected chi connectivity index (χ2v) is 9.62. The molecule has 2 fully saturated rings. The van der Waals surface area contributed by atoms with Crippen LogP contribution in [0.4, 0.5) is 17.6 Å². The molecule has 5 rings (SSSR count). The third kappa shape index (κ3) is 5.70. The minimum absolute atomic E-state index is 0.152. The van der Waals surface area contributed by atoms with E-state index >= 15 is 0 Å². The van der Waals surface area contributed by atoms with E-state index in [2.05, 4.69) is 14.6 Å². The van der Waals surface area contributed by atoms with Gasteiger partial charge in [-0.05, 0) is 53.1 Å². The number of halogens is 4. The van der Waals surface area contributed by atoms with Crippen LogP contribution in [0.2, 0.25) is 0 Å². The van der Waals surface area contributed by atoms with E-state index in [0.29, 0.717) is 35.6 Å². The van der Waals surface area contributed by atoms with Crippen LogP contribution in [0.25, 0.3) is 0 Å². The molecular formula is C26H26F4N4O2. The number of aryl methyl sites for hydroxylation is 1. The van der Waals surface area contributed by atoms with Crippen molar-refractivity contribution in [1.29, 1.82) is 0 Å². The molecular weight excluding hydrogens is 476 g/mol. The maximum atomic E-state index is 13.3. The lowest BCUT2D eigenvalue weighted by Gasteiger charge is -2.25. The predicted molar refractivity (Wildman–Crippen MR) is 123 cm³/mol. The highest BCUT2D eigenvalue weighted by Gasteiger charge is 2.55. The molecule has 1 saturated heterocycles. The number of aromatic nitrogens is 2. The number of alkyl halides is 3. The van der Waals surface area contributed by atoms with Gasteiger partial charge in [-0.15, -0.1) is 13.2 Å². The molecule has 2 heterocycles. The molecule has 0 radical (unpaired) electrons. The molecule has 2 unspecified atom stereocenters. The molecule has 1 aromatic heterocycles.